The second-order valence-corrected chi connectivity index (χ2v) is 8.32. The van der Waals surface area contributed by atoms with Crippen molar-refractivity contribution in [1.82, 2.24) is 5.43 Å². The number of hydrazone groups is 1. The number of halogens is 1. The van der Waals surface area contributed by atoms with Gasteiger partial charge in [0.2, 0.25) is 0 Å². The summed E-state index contributed by atoms with van der Waals surface area (Å²) in [4.78, 5) is 23.6. The minimum absolute atomic E-state index is 0.0289. The second-order valence-electron chi connectivity index (χ2n) is 7.88. The van der Waals surface area contributed by atoms with Crippen LogP contribution in [0, 0.1) is 16.7 Å². The van der Waals surface area contributed by atoms with Gasteiger partial charge in [-0.25, -0.2) is 5.43 Å². The van der Waals surface area contributed by atoms with E-state index in [1.54, 1.807) is 6.07 Å². The molecule has 0 heterocycles. The van der Waals surface area contributed by atoms with E-state index in [4.69, 9.17) is 22.1 Å². The molecule has 1 aromatic rings. The molecular formula is C19H24ClN3O3. The van der Waals surface area contributed by atoms with Gasteiger partial charge in [-0.15, -0.1) is 0 Å². The fourth-order valence-corrected chi connectivity index (χ4v) is 4.40. The Balaban J connectivity index is 1.62. The van der Waals surface area contributed by atoms with Crippen molar-refractivity contribution in [2.75, 3.05) is 6.61 Å². The molecule has 6 nitrogen and oxygen atoms in total. The average Bonchev–Trinajstić information content (AvgIpc) is 2.91. The molecule has 26 heavy (non-hydrogen) atoms. The molecule has 140 valence electrons. The summed E-state index contributed by atoms with van der Waals surface area (Å²) in [6, 6.07) is 4.50. The number of amides is 2. The van der Waals surface area contributed by atoms with Gasteiger partial charge in [-0.3, -0.25) is 9.59 Å². The number of nitrogens with two attached hydrogens (primary N) is 1. The van der Waals surface area contributed by atoms with E-state index < -0.39 is 5.91 Å². The van der Waals surface area contributed by atoms with Gasteiger partial charge in [0.25, 0.3) is 11.8 Å². The van der Waals surface area contributed by atoms with Crippen LogP contribution in [0.25, 0.3) is 0 Å². The molecule has 2 atom stereocenters. The van der Waals surface area contributed by atoms with Crippen LogP contribution in [0.15, 0.2) is 23.3 Å². The Bertz CT molecular complexity index is 790. The molecule has 3 N–H and O–H groups in total. The first-order valence-corrected chi connectivity index (χ1v) is 9.11. The molecule has 2 unspecified atom stereocenters. The van der Waals surface area contributed by atoms with Crippen LogP contribution in [0.4, 0.5) is 0 Å². The Labute approximate surface area is 158 Å². The van der Waals surface area contributed by atoms with Crippen LogP contribution in [0.5, 0.6) is 5.75 Å². The summed E-state index contributed by atoms with van der Waals surface area (Å²) < 4.78 is 5.42. The van der Waals surface area contributed by atoms with Crippen LogP contribution in [0.1, 0.15) is 50.4 Å². The van der Waals surface area contributed by atoms with Crippen molar-refractivity contribution in [3.05, 3.63) is 28.8 Å². The van der Waals surface area contributed by atoms with E-state index in [1.807, 2.05) is 0 Å². The number of nitrogens with one attached hydrogen (secondary N) is 1. The lowest BCUT2D eigenvalue weighted by Gasteiger charge is -2.34. The van der Waals surface area contributed by atoms with Gasteiger partial charge < -0.3 is 10.5 Å². The molecule has 2 bridgehead atoms. The van der Waals surface area contributed by atoms with E-state index in [9.17, 15) is 9.59 Å². The summed E-state index contributed by atoms with van der Waals surface area (Å²) in [7, 11) is 0. The van der Waals surface area contributed by atoms with Crippen LogP contribution in [-0.2, 0) is 4.79 Å². The molecule has 0 aliphatic heterocycles. The molecule has 2 saturated carbocycles. The maximum atomic E-state index is 12.1. The number of carbonyl (C=O) groups excluding carboxylic acids is 2. The van der Waals surface area contributed by atoms with Crippen LogP contribution < -0.4 is 15.9 Å². The van der Waals surface area contributed by atoms with Crippen molar-refractivity contribution in [1.29, 1.82) is 0 Å². The Morgan fingerprint density at radius 2 is 2.12 bits per heavy atom. The summed E-state index contributed by atoms with van der Waals surface area (Å²) in [5.74, 6) is -0.211. The minimum atomic E-state index is -0.666. The Morgan fingerprint density at radius 3 is 2.69 bits per heavy atom. The monoisotopic (exact) mass is 377 g/mol. The highest BCUT2D eigenvalue weighted by atomic mass is 35.5. The number of hydrogen-bond donors (Lipinski definition) is 2. The lowest BCUT2D eigenvalue weighted by molar-refractivity contribution is -0.123. The third kappa shape index (κ3) is 3.07. The van der Waals surface area contributed by atoms with Gasteiger partial charge >= 0.3 is 0 Å². The zero-order valence-electron chi connectivity index (χ0n) is 15.3. The third-order valence-electron chi connectivity index (χ3n) is 6.39. The first kappa shape index (κ1) is 18.7. The molecule has 0 saturated heterocycles. The predicted octanol–water partition coefficient (Wildman–Crippen LogP) is 3.14. The van der Waals surface area contributed by atoms with Crippen molar-refractivity contribution in [2.45, 2.75) is 40.0 Å². The van der Waals surface area contributed by atoms with Crippen molar-refractivity contribution in [3.63, 3.8) is 0 Å². The van der Waals surface area contributed by atoms with Gasteiger partial charge in [-0.2, -0.15) is 5.10 Å². The number of carbonyl (C=O) groups is 2. The number of rotatable bonds is 5. The fraction of sp³-hybridized carbons (Fsp3) is 0.526. The van der Waals surface area contributed by atoms with Crippen molar-refractivity contribution in [2.24, 2.45) is 27.6 Å². The van der Waals surface area contributed by atoms with Crippen LogP contribution in [-0.4, -0.2) is 24.1 Å². The summed E-state index contributed by atoms with van der Waals surface area (Å²) in [6.07, 6.45) is 3.24. The predicted molar refractivity (Wildman–Crippen MR) is 100 cm³/mol. The van der Waals surface area contributed by atoms with E-state index in [-0.39, 0.29) is 34.7 Å². The third-order valence-corrected chi connectivity index (χ3v) is 6.63. The first-order valence-electron chi connectivity index (χ1n) is 8.73. The van der Waals surface area contributed by atoms with E-state index in [0.29, 0.717) is 10.9 Å². The molecular weight excluding hydrogens is 354 g/mol. The van der Waals surface area contributed by atoms with Gasteiger partial charge in [0, 0.05) is 16.1 Å². The number of primary amides is 1. The molecule has 0 spiro atoms. The standard InChI is InChI=1S/C19H24ClN3O3/c1-18(2)11-6-7-19(18,3)15(8-11)22-23-16(24)10-26-14-5-4-12(20)9-13(14)17(21)25/h4-5,9,11H,6-8,10H2,1-3H3,(H2,21,25)(H,23,24)/b22-15-. The lowest BCUT2D eigenvalue weighted by Crippen LogP contribution is -2.35. The largest absolute Gasteiger partial charge is 0.483 e. The van der Waals surface area contributed by atoms with Crippen LogP contribution in [0.3, 0.4) is 0 Å². The Kier molecular flexibility index (Phi) is 4.73. The Hall–Kier alpha value is -2.08. The highest BCUT2D eigenvalue weighted by molar-refractivity contribution is 6.31. The molecule has 2 aliphatic carbocycles. The molecule has 0 radical (unpaired) electrons. The van der Waals surface area contributed by atoms with Crippen molar-refractivity contribution < 1.29 is 14.3 Å². The SMILES string of the molecule is CC12CCC(C/C1=N/NC(=O)COc1ccc(Cl)cc1C(N)=O)C2(C)C. The zero-order chi connectivity index (χ0) is 19.1. The summed E-state index contributed by atoms with van der Waals surface area (Å²) in [6.45, 7) is 6.53. The van der Waals surface area contributed by atoms with Crippen LogP contribution >= 0.6 is 11.6 Å². The molecule has 2 amide bonds. The Morgan fingerprint density at radius 1 is 1.38 bits per heavy atom. The average molecular weight is 378 g/mol. The zero-order valence-corrected chi connectivity index (χ0v) is 16.0. The number of nitrogens with zero attached hydrogens (tertiary/aromatic N) is 1. The molecule has 1 aromatic carbocycles. The van der Waals surface area contributed by atoms with E-state index in [2.05, 4.69) is 31.3 Å². The van der Waals surface area contributed by atoms with Gasteiger partial charge in [-0.1, -0.05) is 32.4 Å². The van der Waals surface area contributed by atoms with E-state index in [0.717, 1.165) is 18.6 Å². The first-order chi connectivity index (χ1) is 12.1. The molecule has 0 aromatic heterocycles. The summed E-state index contributed by atoms with van der Waals surface area (Å²) in [5, 5.41) is 4.75. The maximum Gasteiger partial charge on any atom is 0.277 e. The van der Waals surface area contributed by atoms with Gasteiger partial charge in [0.15, 0.2) is 6.61 Å². The highest BCUT2D eigenvalue weighted by Crippen LogP contribution is 2.63. The normalized spacial score (nSPS) is 27.5. The number of benzene rings is 1. The van der Waals surface area contributed by atoms with E-state index >= 15 is 0 Å². The number of fused-ring (bicyclic) bond motifs is 2. The minimum Gasteiger partial charge on any atom is -0.483 e. The molecule has 7 heteroatoms. The number of hydrogen-bond acceptors (Lipinski definition) is 4. The second kappa shape index (κ2) is 6.58. The summed E-state index contributed by atoms with van der Waals surface area (Å²) in [5.41, 5.74) is 9.31. The summed E-state index contributed by atoms with van der Waals surface area (Å²) >= 11 is 5.85. The molecule has 2 aliphatic rings. The fourth-order valence-electron chi connectivity index (χ4n) is 4.22. The molecule has 2 fully saturated rings. The van der Waals surface area contributed by atoms with E-state index in [1.165, 1.54) is 18.6 Å². The maximum absolute atomic E-state index is 12.1. The van der Waals surface area contributed by atoms with Crippen molar-refractivity contribution in [3.8, 4) is 5.75 Å². The van der Waals surface area contributed by atoms with Crippen LogP contribution in [0.2, 0.25) is 5.02 Å². The van der Waals surface area contributed by atoms with Gasteiger partial charge in [-0.05, 0) is 48.8 Å². The molecule has 3 rings (SSSR count). The number of ether oxygens (including phenoxy) is 1. The topological polar surface area (TPSA) is 93.8 Å². The smallest absolute Gasteiger partial charge is 0.277 e. The van der Waals surface area contributed by atoms with Gasteiger partial charge in [0.1, 0.15) is 5.75 Å². The highest BCUT2D eigenvalue weighted by Gasteiger charge is 2.60. The van der Waals surface area contributed by atoms with Gasteiger partial charge in [0.05, 0.1) is 5.56 Å². The quantitative estimate of drug-likeness (QED) is 0.772. The lowest BCUT2D eigenvalue weighted by atomic mass is 9.70. The van der Waals surface area contributed by atoms with Crippen molar-refractivity contribution >= 4 is 29.1 Å².